The third-order valence-corrected chi connectivity index (χ3v) is 1.48. The molecule has 0 fully saturated rings. The average molecular weight is 176 g/mol. The van der Waals surface area contributed by atoms with Crippen molar-refractivity contribution in [3.63, 3.8) is 0 Å². The van der Waals surface area contributed by atoms with E-state index in [1.54, 1.807) is 6.92 Å². The van der Waals surface area contributed by atoms with Gasteiger partial charge in [-0.3, -0.25) is 4.79 Å². The Kier molecular flexibility index (Phi) is 3.20. The van der Waals surface area contributed by atoms with Crippen LogP contribution in [0.1, 0.15) is 13.3 Å². The van der Waals surface area contributed by atoms with Crippen LogP contribution in [0, 0.1) is 5.41 Å². The molecule has 0 heterocycles. The molecule has 0 spiro atoms. The number of nitrogens with one attached hydrogen (secondary N) is 2. The fraction of sp³-hybridized carbons (Fsp3) is 0.200. The summed E-state index contributed by atoms with van der Waals surface area (Å²) in [6.45, 7) is 1.62. The van der Waals surface area contributed by atoms with E-state index in [9.17, 15) is 4.79 Å². The summed E-state index contributed by atoms with van der Waals surface area (Å²) in [7, 11) is 0. The van der Waals surface area contributed by atoms with Crippen LogP contribution in [0.5, 0.6) is 0 Å². The normalized spacial score (nSPS) is 9.31. The number of para-hydroxylation sites is 1. The fourth-order valence-electron chi connectivity index (χ4n) is 0.968. The van der Waals surface area contributed by atoms with Gasteiger partial charge in [-0.05, 0) is 19.1 Å². The molecule has 2 N–H and O–H groups in total. The van der Waals surface area contributed by atoms with E-state index in [1.807, 2.05) is 30.3 Å². The van der Waals surface area contributed by atoms with Crippen molar-refractivity contribution >= 4 is 17.3 Å². The van der Waals surface area contributed by atoms with Crippen LogP contribution in [0.4, 0.5) is 5.69 Å². The number of anilines is 1. The molecule has 0 unspecified atom stereocenters. The molecule has 0 aliphatic carbocycles. The molecule has 0 atom stereocenters. The van der Waals surface area contributed by atoms with E-state index in [4.69, 9.17) is 5.41 Å². The van der Waals surface area contributed by atoms with Gasteiger partial charge in [0.1, 0.15) is 0 Å². The number of hydrogen-bond acceptors (Lipinski definition) is 2. The summed E-state index contributed by atoms with van der Waals surface area (Å²) in [4.78, 5) is 11.2. The molecule has 1 aromatic carbocycles. The van der Waals surface area contributed by atoms with Gasteiger partial charge in [0.15, 0.2) is 0 Å². The molecule has 0 aromatic heterocycles. The van der Waals surface area contributed by atoms with Crippen molar-refractivity contribution in [2.75, 3.05) is 5.32 Å². The van der Waals surface area contributed by atoms with Gasteiger partial charge in [0.05, 0.1) is 6.42 Å². The summed E-state index contributed by atoms with van der Waals surface area (Å²) in [5.74, 6) is -0.140. The molecule has 0 bridgehead atoms. The smallest absolute Gasteiger partial charge is 0.230 e. The van der Waals surface area contributed by atoms with Crippen molar-refractivity contribution < 1.29 is 4.79 Å². The summed E-state index contributed by atoms with van der Waals surface area (Å²) in [6.07, 6.45) is 0.162. The molecule has 0 aliphatic rings. The molecule has 1 amide bonds. The highest BCUT2D eigenvalue weighted by molar-refractivity contribution is 6.04. The topological polar surface area (TPSA) is 53.0 Å². The Morgan fingerprint density at radius 1 is 1.38 bits per heavy atom. The van der Waals surface area contributed by atoms with E-state index in [2.05, 4.69) is 5.32 Å². The maximum absolute atomic E-state index is 11.2. The zero-order chi connectivity index (χ0) is 9.68. The minimum atomic E-state index is -0.140. The number of benzene rings is 1. The predicted octanol–water partition coefficient (Wildman–Crippen LogP) is 2.05. The van der Waals surface area contributed by atoms with E-state index >= 15 is 0 Å². The Balaban J connectivity index is 2.50. The largest absolute Gasteiger partial charge is 0.326 e. The van der Waals surface area contributed by atoms with Crippen molar-refractivity contribution in [2.24, 2.45) is 0 Å². The van der Waals surface area contributed by atoms with Gasteiger partial charge in [-0.15, -0.1) is 0 Å². The van der Waals surface area contributed by atoms with Gasteiger partial charge >= 0.3 is 0 Å². The quantitative estimate of drug-likeness (QED) is 0.680. The van der Waals surface area contributed by atoms with Crippen molar-refractivity contribution in [1.82, 2.24) is 0 Å². The average Bonchev–Trinajstić information content (AvgIpc) is 2.04. The molecule has 0 saturated heterocycles. The highest BCUT2D eigenvalue weighted by Crippen LogP contribution is 2.05. The second-order valence-electron chi connectivity index (χ2n) is 2.87. The highest BCUT2D eigenvalue weighted by atomic mass is 16.1. The Morgan fingerprint density at radius 3 is 2.54 bits per heavy atom. The zero-order valence-corrected chi connectivity index (χ0v) is 7.50. The summed E-state index contributed by atoms with van der Waals surface area (Å²) in [6, 6.07) is 9.23. The van der Waals surface area contributed by atoms with Crippen molar-refractivity contribution in [3.8, 4) is 0 Å². The van der Waals surface area contributed by atoms with Crippen LogP contribution < -0.4 is 5.32 Å². The van der Waals surface area contributed by atoms with Crippen molar-refractivity contribution in [1.29, 1.82) is 5.41 Å². The van der Waals surface area contributed by atoms with Gasteiger partial charge in [-0.25, -0.2) is 0 Å². The van der Waals surface area contributed by atoms with Gasteiger partial charge in [0.25, 0.3) is 0 Å². The molecule has 3 nitrogen and oxygen atoms in total. The number of carbonyl (C=O) groups is 1. The van der Waals surface area contributed by atoms with E-state index in [-0.39, 0.29) is 12.3 Å². The first-order chi connectivity index (χ1) is 6.18. The van der Waals surface area contributed by atoms with Gasteiger partial charge < -0.3 is 10.7 Å². The van der Waals surface area contributed by atoms with Crippen LogP contribution in [-0.2, 0) is 4.79 Å². The molecular weight excluding hydrogens is 164 g/mol. The van der Waals surface area contributed by atoms with E-state index in [0.29, 0.717) is 5.71 Å². The maximum atomic E-state index is 11.2. The Bertz CT molecular complexity index is 306. The van der Waals surface area contributed by atoms with Crippen LogP contribution in [0.2, 0.25) is 0 Å². The molecular formula is C10H12N2O. The highest BCUT2D eigenvalue weighted by Gasteiger charge is 2.01. The third-order valence-electron chi connectivity index (χ3n) is 1.48. The number of amides is 1. The van der Waals surface area contributed by atoms with Gasteiger partial charge in [0.2, 0.25) is 5.91 Å². The molecule has 0 aliphatic heterocycles. The first-order valence-electron chi connectivity index (χ1n) is 4.07. The summed E-state index contributed by atoms with van der Waals surface area (Å²) in [5.41, 5.74) is 1.14. The second kappa shape index (κ2) is 4.40. The Morgan fingerprint density at radius 2 is 2.00 bits per heavy atom. The molecule has 1 aromatic rings. The lowest BCUT2D eigenvalue weighted by atomic mass is 10.2. The third kappa shape index (κ3) is 3.51. The van der Waals surface area contributed by atoms with E-state index in [1.165, 1.54) is 0 Å². The second-order valence-corrected chi connectivity index (χ2v) is 2.87. The lowest BCUT2D eigenvalue weighted by Crippen LogP contribution is -2.14. The molecule has 3 heteroatoms. The molecule has 1 rings (SSSR count). The predicted molar refractivity (Wildman–Crippen MR) is 53.1 cm³/mol. The van der Waals surface area contributed by atoms with Gasteiger partial charge in [-0.2, -0.15) is 0 Å². The molecule has 0 radical (unpaired) electrons. The summed E-state index contributed by atoms with van der Waals surface area (Å²) in [5, 5.41) is 9.82. The number of carbonyl (C=O) groups excluding carboxylic acids is 1. The van der Waals surface area contributed by atoms with Gasteiger partial charge in [0, 0.05) is 11.4 Å². The van der Waals surface area contributed by atoms with E-state index < -0.39 is 0 Å². The van der Waals surface area contributed by atoms with Crippen LogP contribution in [0.15, 0.2) is 30.3 Å². The molecule has 13 heavy (non-hydrogen) atoms. The van der Waals surface area contributed by atoms with Crippen LogP contribution in [0.3, 0.4) is 0 Å². The molecule has 68 valence electrons. The number of hydrogen-bond donors (Lipinski definition) is 2. The minimum absolute atomic E-state index is 0.140. The van der Waals surface area contributed by atoms with Crippen molar-refractivity contribution in [2.45, 2.75) is 13.3 Å². The standard InChI is InChI=1S/C10H12N2O/c1-8(11)7-10(13)12-9-5-3-2-4-6-9/h2-6,11H,7H2,1H3,(H,12,13). The van der Waals surface area contributed by atoms with E-state index in [0.717, 1.165) is 5.69 Å². The lowest BCUT2D eigenvalue weighted by Gasteiger charge is -2.02. The minimum Gasteiger partial charge on any atom is -0.326 e. The summed E-state index contributed by atoms with van der Waals surface area (Å²) < 4.78 is 0. The SMILES string of the molecule is CC(=N)CC(=O)Nc1ccccc1. The van der Waals surface area contributed by atoms with Gasteiger partial charge in [-0.1, -0.05) is 18.2 Å². The fourth-order valence-corrected chi connectivity index (χ4v) is 0.968. The van der Waals surface area contributed by atoms with Crippen molar-refractivity contribution in [3.05, 3.63) is 30.3 Å². The molecule has 0 saturated carbocycles. The van der Waals surface area contributed by atoms with Crippen LogP contribution in [-0.4, -0.2) is 11.6 Å². The Labute approximate surface area is 77.3 Å². The maximum Gasteiger partial charge on any atom is 0.230 e. The monoisotopic (exact) mass is 176 g/mol. The summed E-state index contributed by atoms with van der Waals surface area (Å²) >= 11 is 0. The Hall–Kier alpha value is -1.64. The number of rotatable bonds is 3. The van der Waals surface area contributed by atoms with Crippen LogP contribution >= 0.6 is 0 Å². The first kappa shape index (κ1) is 9.45. The van der Waals surface area contributed by atoms with Crippen LogP contribution in [0.25, 0.3) is 0 Å². The lowest BCUT2D eigenvalue weighted by molar-refractivity contribution is -0.115. The first-order valence-corrected chi connectivity index (χ1v) is 4.07. The zero-order valence-electron chi connectivity index (χ0n) is 7.50.